The molecule has 0 radical (unpaired) electrons. The van der Waals surface area contributed by atoms with Gasteiger partial charge in [0.05, 0.1) is 32.4 Å². The number of hydrogen-bond donors (Lipinski definition) is 1. The minimum atomic E-state index is 0.438. The van der Waals surface area contributed by atoms with Crippen LogP contribution in [0.4, 0.5) is 5.82 Å². The summed E-state index contributed by atoms with van der Waals surface area (Å²) in [5, 5.41) is 1.02. The Kier molecular flexibility index (Phi) is 5.15. The van der Waals surface area contributed by atoms with Crippen molar-refractivity contribution in [2.45, 2.75) is 13.5 Å². The van der Waals surface area contributed by atoms with E-state index in [0.29, 0.717) is 32.2 Å². The van der Waals surface area contributed by atoms with Gasteiger partial charge in [-0.05, 0) is 25.1 Å². The maximum Gasteiger partial charge on any atom is 0.129 e. The molecular formula is C15H20N2O3. The third-order valence-electron chi connectivity index (χ3n) is 2.97. The van der Waals surface area contributed by atoms with Crippen molar-refractivity contribution in [3.63, 3.8) is 0 Å². The van der Waals surface area contributed by atoms with Crippen molar-refractivity contribution in [2.24, 2.45) is 0 Å². The van der Waals surface area contributed by atoms with Crippen molar-refractivity contribution in [1.29, 1.82) is 0 Å². The number of fused-ring (bicyclic) bond motifs is 1. The maximum absolute atomic E-state index is 5.96. The van der Waals surface area contributed by atoms with E-state index in [-0.39, 0.29) is 0 Å². The van der Waals surface area contributed by atoms with E-state index >= 15 is 0 Å². The van der Waals surface area contributed by atoms with Crippen molar-refractivity contribution in [3.05, 3.63) is 29.8 Å². The first-order valence-electron chi connectivity index (χ1n) is 6.63. The van der Waals surface area contributed by atoms with Crippen LogP contribution in [0.25, 0.3) is 10.9 Å². The quantitative estimate of drug-likeness (QED) is 0.786. The molecule has 2 rings (SSSR count). The molecule has 0 unspecified atom stereocenters. The van der Waals surface area contributed by atoms with Crippen molar-refractivity contribution < 1.29 is 14.2 Å². The molecule has 0 bridgehead atoms. The lowest BCUT2D eigenvalue weighted by molar-refractivity contribution is 0.0454. The van der Waals surface area contributed by atoms with Gasteiger partial charge < -0.3 is 19.9 Å². The fourth-order valence-electron chi connectivity index (χ4n) is 1.89. The van der Waals surface area contributed by atoms with Gasteiger partial charge in [0.25, 0.3) is 0 Å². The highest BCUT2D eigenvalue weighted by molar-refractivity contribution is 5.82. The average Bonchev–Trinajstić information content (AvgIpc) is 2.47. The number of nitrogens with zero attached hydrogens (tertiary/aromatic N) is 1. The third-order valence-corrected chi connectivity index (χ3v) is 2.97. The molecular weight excluding hydrogens is 256 g/mol. The number of nitrogen functional groups attached to an aromatic ring is 1. The molecule has 20 heavy (non-hydrogen) atoms. The molecule has 1 aromatic heterocycles. The highest BCUT2D eigenvalue weighted by Crippen LogP contribution is 2.23. The third kappa shape index (κ3) is 3.59. The molecule has 0 saturated heterocycles. The van der Waals surface area contributed by atoms with Crippen LogP contribution >= 0.6 is 0 Å². The second-order valence-corrected chi connectivity index (χ2v) is 4.34. The predicted octanol–water partition coefficient (Wildman–Crippen LogP) is 2.38. The van der Waals surface area contributed by atoms with Gasteiger partial charge in [0.1, 0.15) is 11.6 Å². The molecule has 5 heteroatoms. The number of anilines is 1. The predicted molar refractivity (Wildman–Crippen MR) is 78.9 cm³/mol. The van der Waals surface area contributed by atoms with Gasteiger partial charge in [-0.25, -0.2) is 4.98 Å². The fourth-order valence-corrected chi connectivity index (χ4v) is 1.89. The molecule has 0 aliphatic carbocycles. The molecule has 108 valence electrons. The van der Waals surface area contributed by atoms with Crippen molar-refractivity contribution in [2.75, 3.05) is 32.7 Å². The van der Waals surface area contributed by atoms with E-state index < -0.39 is 0 Å². The fraction of sp³-hybridized carbons (Fsp3) is 0.400. The summed E-state index contributed by atoms with van der Waals surface area (Å²) < 4.78 is 15.9. The van der Waals surface area contributed by atoms with Crippen LogP contribution in [0.5, 0.6) is 5.75 Å². The van der Waals surface area contributed by atoms with E-state index in [9.17, 15) is 0 Å². The van der Waals surface area contributed by atoms with Crippen LogP contribution in [0.3, 0.4) is 0 Å². The lowest BCUT2D eigenvalue weighted by Crippen LogP contribution is -2.06. The molecule has 0 aliphatic rings. The summed E-state index contributed by atoms with van der Waals surface area (Å²) in [5.74, 6) is 1.26. The molecule has 0 atom stereocenters. The number of methoxy groups -OCH3 is 1. The molecule has 5 nitrogen and oxygen atoms in total. The summed E-state index contributed by atoms with van der Waals surface area (Å²) in [7, 11) is 1.63. The van der Waals surface area contributed by atoms with Crippen LogP contribution in [0.15, 0.2) is 24.3 Å². The number of pyridine rings is 1. The molecule has 0 amide bonds. The first kappa shape index (κ1) is 14.6. The number of benzene rings is 1. The topological polar surface area (TPSA) is 66.6 Å². The van der Waals surface area contributed by atoms with Gasteiger partial charge >= 0.3 is 0 Å². The number of rotatable bonds is 7. The molecule has 0 spiro atoms. The SMILES string of the molecule is CCOCCOCc1cc2ccc(OC)cc2nc1N. The molecule has 2 aromatic rings. The molecule has 1 aromatic carbocycles. The van der Waals surface area contributed by atoms with Crippen molar-refractivity contribution >= 4 is 16.7 Å². The Labute approximate surface area is 118 Å². The lowest BCUT2D eigenvalue weighted by atomic mass is 10.1. The average molecular weight is 276 g/mol. The van der Waals surface area contributed by atoms with Crippen LogP contribution in [0.2, 0.25) is 0 Å². The minimum absolute atomic E-state index is 0.438. The molecule has 0 fully saturated rings. The van der Waals surface area contributed by atoms with E-state index in [0.717, 1.165) is 22.2 Å². The summed E-state index contributed by atoms with van der Waals surface area (Å²) in [5.41, 5.74) is 7.66. The van der Waals surface area contributed by atoms with Crippen LogP contribution in [0, 0.1) is 0 Å². The Morgan fingerprint density at radius 3 is 2.70 bits per heavy atom. The first-order chi connectivity index (χ1) is 9.74. The van der Waals surface area contributed by atoms with E-state index in [1.165, 1.54) is 0 Å². The summed E-state index contributed by atoms with van der Waals surface area (Å²) >= 11 is 0. The monoisotopic (exact) mass is 276 g/mol. The Hall–Kier alpha value is -1.85. The van der Waals surface area contributed by atoms with E-state index in [2.05, 4.69) is 4.98 Å². The highest BCUT2D eigenvalue weighted by atomic mass is 16.5. The summed E-state index contributed by atoms with van der Waals surface area (Å²) in [6, 6.07) is 7.73. The lowest BCUT2D eigenvalue weighted by Gasteiger charge is -2.09. The Morgan fingerprint density at radius 1 is 1.15 bits per heavy atom. The zero-order chi connectivity index (χ0) is 14.4. The zero-order valence-electron chi connectivity index (χ0n) is 11.9. The van der Waals surface area contributed by atoms with Gasteiger partial charge in [0.2, 0.25) is 0 Å². The second kappa shape index (κ2) is 7.07. The molecule has 2 N–H and O–H groups in total. The molecule has 1 heterocycles. The maximum atomic E-state index is 5.96. The molecule has 0 aliphatic heterocycles. The van der Waals surface area contributed by atoms with Gasteiger partial charge in [0.15, 0.2) is 0 Å². The Morgan fingerprint density at radius 2 is 1.95 bits per heavy atom. The van der Waals surface area contributed by atoms with E-state index in [4.69, 9.17) is 19.9 Å². The van der Waals surface area contributed by atoms with Crippen LogP contribution in [-0.4, -0.2) is 31.9 Å². The normalized spacial score (nSPS) is 10.9. The largest absolute Gasteiger partial charge is 0.497 e. The van der Waals surface area contributed by atoms with Crippen LogP contribution in [0.1, 0.15) is 12.5 Å². The second-order valence-electron chi connectivity index (χ2n) is 4.34. The zero-order valence-corrected chi connectivity index (χ0v) is 11.9. The Balaban J connectivity index is 2.08. The van der Waals surface area contributed by atoms with E-state index in [1.807, 2.05) is 31.2 Å². The number of ether oxygens (including phenoxy) is 3. The minimum Gasteiger partial charge on any atom is -0.497 e. The molecule has 0 saturated carbocycles. The highest BCUT2D eigenvalue weighted by Gasteiger charge is 2.05. The van der Waals surface area contributed by atoms with E-state index in [1.54, 1.807) is 7.11 Å². The summed E-state index contributed by atoms with van der Waals surface area (Å²) in [6.45, 7) is 4.24. The standard InChI is InChI=1S/C15H20N2O3/c1-3-19-6-7-20-10-12-8-11-4-5-13(18-2)9-14(11)17-15(12)16/h4-5,8-9H,3,6-7,10H2,1-2H3,(H2,16,17). The number of nitrogens with two attached hydrogens (primary N) is 1. The van der Waals surface area contributed by atoms with Crippen LogP contribution < -0.4 is 10.5 Å². The van der Waals surface area contributed by atoms with Gasteiger partial charge in [-0.1, -0.05) is 0 Å². The van der Waals surface area contributed by atoms with Crippen molar-refractivity contribution in [3.8, 4) is 5.75 Å². The smallest absolute Gasteiger partial charge is 0.129 e. The summed E-state index contributed by atoms with van der Waals surface area (Å²) in [6.07, 6.45) is 0. The number of hydrogen-bond acceptors (Lipinski definition) is 5. The van der Waals surface area contributed by atoms with Crippen LogP contribution in [-0.2, 0) is 16.1 Å². The van der Waals surface area contributed by atoms with Gasteiger partial charge in [-0.3, -0.25) is 0 Å². The van der Waals surface area contributed by atoms with Gasteiger partial charge in [-0.2, -0.15) is 0 Å². The van der Waals surface area contributed by atoms with Gasteiger partial charge in [0, 0.05) is 23.6 Å². The van der Waals surface area contributed by atoms with Gasteiger partial charge in [-0.15, -0.1) is 0 Å². The number of aromatic nitrogens is 1. The summed E-state index contributed by atoms with van der Waals surface area (Å²) in [4.78, 5) is 4.39. The first-order valence-corrected chi connectivity index (χ1v) is 6.63. The Bertz CT molecular complexity index is 572. The van der Waals surface area contributed by atoms with Crippen molar-refractivity contribution in [1.82, 2.24) is 4.98 Å².